The van der Waals surface area contributed by atoms with E-state index >= 15 is 0 Å². The molecule has 0 aliphatic heterocycles. The van der Waals surface area contributed by atoms with Gasteiger partial charge in [0, 0.05) is 38.5 Å². The Morgan fingerprint density at radius 1 is 0.373 bits per heavy atom. The number of para-hydroxylation sites is 3. The third-order valence-corrected chi connectivity index (χ3v) is 9.78. The van der Waals surface area contributed by atoms with Crippen LogP contribution in [0.2, 0.25) is 0 Å². The standard InChI is InChI=1S/C47H30N4/c1-3-12-32(13-4-1)44-38-18-7-8-19-41(38)49-46-39(44)28-24-33-25-29-40(48-45(33)46)36-17-11-16-35(30-36)31-22-26-37(27-23-31)51-43-21-10-9-20-42(43)50-47(51)34-14-5-2-6-15-34/h1-30H. The molecule has 3 heterocycles. The molecule has 0 bridgehead atoms. The Kier molecular flexibility index (Phi) is 6.78. The lowest BCUT2D eigenvalue weighted by Crippen LogP contribution is -1.97. The molecule has 4 heteroatoms. The topological polar surface area (TPSA) is 43.6 Å². The number of pyridine rings is 2. The van der Waals surface area contributed by atoms with Crippen molar-refractivity contribution < 1.29 is 0 Å². The van der Waals surface area contributed by atoms with Gasteiger partial charge >= 0.3 is 0 Å². The first-order valence-electron chi connectivity index (χ1n) is 17.2. The lowest BCUT2D eigenvalue weighted by molar-refractivity contribution is 1.10. The Hall–Kier alpha value is -6.91. The van der Waals surface area contributed by atoms with Crippen LogP contribution < -0.4 is 0 Å². The molecular weight excluding hydrogens is 621 g/mol. The zero-order chi connectivity index (χ0) is 33.7. The molecule has 238 valence electrons. The number of imidazole rings is 1. The van der Waals surface area contributed by atoms with Crippen molar-refractivity contribution in [1.29, 1.82) is 0 Å². The second-order valence-corrected chi connectivity index (χ2v) is 12.9. The molecule has 51 heavy (non-hydrogen) atoms. The number of fused-ring (bicyclic) bond motifs is 5. The Balaban J connectivity index is 1.06. The number of aromatic nitrogens is 4. The molecule has 0 spiro atoms. The molecule has 10 rings (SSSR count). The zero-order valence-electron chi connectivity index (χ0n) is 27.6. The fourth-order valence-electron chi connectivity index (χ4n) is 7.34. The van der Waals surface area contributed by atoms with Crippen molar-refractivity contribution in [3.05, 3.63) is 182 Å². The zero-order valence-corrected chi connectivity index (χ0v) is 27.6. The normalized spacial score (nSPS) is 11.5. The molecule has 0 aliphatic rings. The summed E-state index contributed by atoms with van der Waals surface area (Å²) in [6.07, 6.45) is 0. The highest BCUT2D eigenvalue weighted by Crippen LogP contribution is 2.38. The molecular formula is C47H30N4. The highest BCUT2D eigenvalue weighted by Gasteiger charge is 2.16. The van der Waals surface area contributed by atoms with E-state index in [2.05, 4.69) is 174 Å². The second-order valence-electron chi connectivity index (χ2n) is 12.9. The molecule has 0 amide bonds. The molecule has 0 aliphatic carbocycles. The summed E-state index contributed by atoms with van der Waals surface area (Å²) in [6, 6.07) is 63.7. The summed E-state index contributed by atoms with van der Waals surface area (Å²) in [4.78, 5) is 15.5. The van der Waals surface area contributed by atoms with Crippen molar-refractivity contribution in [3.8, 4) is 50.6 Å². The van der Waals surface area contributed by atoms with E-state index in [4.69, 9.17) is 15.0 Å². The van der Waals surface area contributed by atoms with Crippen LogP contribution in [-0.2, 0) is 0 Å². The van der Waals surface area contributed by atoms with Crippen molar-refractivity contribution in [2.45, 2.75) is 0 Å². The van der Waals surface area contributed by atoms with Crippen molar-refractivity contribution in [1.82, 2.24) is 19.5 Å². The van der Waals surface area contributed by atoms with Gasteiger partial charge in [-0.3, -0.25) is 4.57 Å². The number of hydrogen-bond acceptors (Lipinski definition) is 3. The fourth-order valence-corrected chi connectivity index (χ4v) is 7.34. The van der Waals surface area contributed by atoms with Crippen LogP contribution in [0.5, 0.6) is 0 Å². The molecule has 3 aromatic heterocycles. The van der Waals surface area contributed by atoms with Gasteiger partial charge in [-0.1, -0.05) is 140 Å². The second kappa shape index (κ2) is 11.9. The van der Waals surface area contributed by atoms with E-state index in [1.54, 1.807) is 0 Å². The minimum Gasteiger partial charge on any atom is -0.292 e. The Morgan fingerprint density at radius 3 is 1.86 bits per heavy atom. The Morgan fingerprint density at radius 2 is 1.04 bits per heavy atom. The minimum absolute atomic E-state index is 0.907. The van der Waals surface area contributed by atoms with E-state index in [1.165, 1.54) is 11.1 Å². The van der Waals surface area contributed by atoms with E-state index in [0.29, 0.717) is 0 Å². The molecule has 0 N–H and O–H groups in total. The van der Waals surface area contributed by atoms with Crippen LogP contribution in [0.3, 0.4) is 0 Å². The van der Waals surface area contributed by atoms with Gasteiger partial charge in [0.1, 0.15) is 5.82 Å². The molecule has 7 aromatic carbocycles. The predicted octanol–water partition coefficient (Wildman–Crippen LogP) is 11.9. The summed E-state index contributed by atoms with van der Waals surface area (Å²) in [5.41, 5.74) is 13.6. The first-order chi connectivity index (χ1) is 25.3. The van der Waals surface area contributed by atoms with Crippen LogP contribution in [0.4, 0.5) is 0 Å². The van der Waals surface area contributed by atoms with Crippen LogP contribution in [0.15, 0.2) is 182 Å². The largest absolute Gasteiger partial charge is 0.292 e. The number of hydrogen-bond donors (Lipinski definition) is 0. The van der Waals surface area contributed by atoms with Crippen LogP contribution >= 0.6 is 0 Å². The highest BCUT2D eigenvalue weighted by molar-refractivity contribution is 6.16. The molecule has 0 saturated heterocycles. The average molecular weight is 651 g/mol. The molecule has 10 aromatic rings. The van der Waals surface area contributed by atoms with Gasteiger partial charge in [0.05, 0.1) is 33.3 Å². The predicted molar refractivity (Wildman–Crippen MR) is 211 cm³/mol. The van der Waals surface area contributed by atoms with Gasteiger partial charge in [-0.2, -0.15) is 0 Å². The maximum Gasteiger partial charge on any atom is 0.145 e. The Labute approximate surface area is 295 Å². The van der Waals surface area contributed by atoms with Gasteiger partial charge in [-0.25, -0.2) is 15.0 Å². The maximum absolute atomic E-state index is 5.29. The molecule has 0 fully saturated rings. The number of benzene rings is 7. The van der Waals surface area contributed by atoms with Gasteiger partial charge in [0.2, 0.25) is 0 Å². The summed E-state index contributed by atoms with van der Waals surface area (Å²) >= 11 is 0. The summed E-state index contributed by atoms with van der Waals surface area (Å²) < 4.78 is 2.24. The van der Waals surface area contributed by atoms with Gasteiger partial charge in [0.15, 0.2) is 0 Å². The monoisotopic (exact) mass is 650 g/mol. The first-order valence-corrected chi connectivity index (χ1v) is 17.2. The van der Waals surface area contributed by atoms with Crippen LogP contribution in [0.1, 0.15) is 0 Å². The number of nitrogens with zero attached hydrogens (tertiary/aromatic N) is 4. The van der Waals surface area contributed by atoms with Crippen molar-refractivity contribution in [3.63, 3.8) is 0 Å². The lowest BCUT2D eigenvalue weighted by atomic mass is 9.95. The van der Waals surface area contributed by atoms with E-state index in [9.17, 15) is 0 Å². The van der Waals surface area contributed by atoms with Crippen LogP contribution in [0, 0.1) is 0 Å². The van der Waals surface area contributed by atoms with Gasteiger partial charge in [-0.05, 0) is 59.2 Å². The molecule has 4 nitrogen and oxygen atoms in total. The highest BCUT2D eigenvalue weighted by atomic mass is 15.1. The molecule has 0 unspecified atom stereocenters. The molecule has 0 radical (unpaired) electrons. The van der Waals surface area contributed by atoms with Gasteiger partial charge < -0.3 is 0 Å². The number of rotatable bonds is 5. The summed E-state index contributed by atoms with van der Waals surface area (Å²) in [5, 5.41) is 3.32. The lowest BCUT2D eigenvalue weighted by Gasteiger charge is -2.13. The summed E-state index contributed by atoms with van der Waals surface area (Å²) in [5.74, 6) is 0.930. The van der Waals surface area contributed by atoms with E-state index in [1.807, 2.05) is 12.1 Å². The van der Waals surface area contributed by atoms with E-state index in [0.717, 1.165) is 83.2 Å². The van der Waals surface area contributed by atoms with Crippen molar-refractivity contribution >= 4 is 43.7 Å². The third-order valence-electron chi connectivity index (χ3n) is 9.78. The third kappa shape index (κ3) is 4.96. The van der Waals surface area contributed by atoms with Gasteiger partial charge in [-0.15, -0.1) is 0 Å². The average Bonchev–Trinajstić information content (AvgIpc) is 3.60. The summed E-state index contributed by atoms with van der Waals surface area (Å²) in [6.45, 7) is 0. The Bertz CT molecular complexity index is 2890. The fraction of sp³-hybridized carbons (Fsp3) is 0. The van der Waals surface area contributed by atoms with E-state index in [-0.39, 0.29) is 0 Å². The van der Waals surface area contributed by atoms with Crippen molar-refractivity contribution in [2.24, 2.45) is 0 Å². The van der Waals surface area contributed by atoms with Crippen LogP contribution in [-0.4, -0.2) is 19.5 Å². The first kappa shape index (κ1) is 29.0. The van der Waals surface area contributed by atoms with Gasteiger partial charge in [0.25, 0.3) is 0 Å². The van der Waals surface area contributed by atoms with E-state index < -0.39 is 0 Å². The maximum atomic E-state index is 5.29. The quantitative estimate of drug-likeness (QED) is 0.138. The summed E-state index contributed by atoms with van der Waals surface area (Å²) in [7, 11) is 0. The SMILES string of the molecule is c1ccc(-c2c3ccccc3nc3c2ccc2ccc(-c4cccc(-c5ccc(-n6c(-c7ccccc7)nc7ccccc76)cc5)c4)nc23)cc1. The smallest absolute Gasteiger partial charge is 0.145 e. The molecule has 0 atom stereocenters. The van der Waals surface area contributed by atoms with Crippen LogP contribution in [0.25, 0.3) is 94.3 Å². The molecule has 0 saturated carbocycles. The minimum atomic E-state index is 0.907. The van der Waals surface area contributed by atoms with Crippen molar-refractivity contribution in [2.75, 3.05) is 0 Å².